The van der Waals surface area contributed by atoms with Gasteiger partial charge in [0.05, 0.1) is 6.04 Å². The average molecular weight is 383 g/mol. The Morgan fingerprint density at radius 2 is 1.70 bits per heavy atom. The van der Waals surface area contributed by atoms with Crippen molar-refractivity contribution in [3.05, 3.63) is 35.9 Å². The predicted octanol–water partition coefficient (Wildman–Crippen LogP) is 0.244. The van der Waals surface area contributed by atoms with Crippen LogP contribution in [0.5, 0.6) is 0 Å². The van der Waals surface area contributed by atoms with Gasteiger partial charge < -0.3 is 31.3 Å². The molecule has 1 rings (SSSR count). The third kappa shape index (κ3) is 11.6. The highest BCUT2D eigenvalue weighted by atomic mass is 16.5. The maximum atomic E-state index is 12.2. The fraction of sp³-hybridized carbons (Fsp3) is 0.500. The molecule has 1 aromatic carbocycles. The maximum absolute atomic E-state index is 12.2. The average Bonchev–Trinajstić information content (AvgIpc) is 2.60. The van der Waals surface area contributed by atoms with Crippen molar-refractivity contribution in [2.45, 2.75) is 52.2 Å². The van der Waals surface area contributed by atoms with Gasteiger partial charge in [0.15, 0.2) is 6.29 Å². The highest BCUT2D eigenvalue weighted by Crippen LogP contribution is 2.07. The summed E-state index contributed by atoms with van der Waals surface area (Å²) in [6.07, 6.45) is -1.71. The van der Waals surface area contributed by atoms with E-state index in [1.807, 2.05) is 44.2 Å². The van der Waals surface area contributed by atoms with E-state index in [0.717, 1.165) is 5.56 Å². The van der Waals surface area contributed by atoms with E-state index in [1.54, 1.807) is 0 Å². The van der Waals surface area contributed by atoms with Gasteiger partial charge in [-0.15, -0.1) is 0 Å². The standard InChI is InChI=1S/C17H26N2O5.CH3NO/c1-11(2)9-14(15(20)18-12(3)16(21)22)19-17(23)24-10-13-7-5-4-6-8-13;2-1-3/h4-8,11-12,14,16,21-22H,9-10H2,1-3H3,(H,18,20)(H,19,23);1H,(H2,2,3). The summed E-state index contributed by atoms with van der Waals surface area (Å²) >= 11 is 0. The number of benzene rings is 1. The highest BCUT2D eigenvalue weighted by molar-refractivity contribution is 5.85. The molecule has 0 aliphatic carbocycles. The summed E-state index contributed by atoms with van der Waals surface area (Å²) in [5.41, 5.74) is 5.01. The van der Waals surface area contributed by atoms with E-state index in [2.05, 4.69) is 16.4 Å². The lowest BCUT2D eigenvalue weighted by Gasteiger charge is -2.23. The molecule has 0 aliphatic heterocycles. The largest absolute Gasteiger partial charge is 0.445 e. The van der Waals surface area contributed by atoms with Crippen molar-refractivity contribution in [3.63, 3.8) is 0 Å². The van der Waals surface area contributed by atoms with Gasteiger partial charge in [-0.3, -0.25) is 9.59 Å². The van der Waals surface area contributed by atoms with E-state index >= 15 is 0 Å². The molecule has 1 aromatic rings. The summed E-state index contributed by atoms with van der Waals surface area (Å²) in [6.45, 7) is 5.40. The first-order valence-electron chi connectivity index (χ1n) is 8.50. The Kier molecular flexibility index (Phi) is 12.2. The summed E-state index contributed by atoms with van der Waals surface area (Å²) in [6, 6.07) is 7.55. The number of carbonyl (C=O) groups is 3. The van der Waals surface area contributed by atoms with E-state index in [1.165, 1.54) is 6.92 Å². The lowest BCUT2D eigenvalue weighted by atomic mass is 10.0. The molecule has 0 bridgehead atoms. The van der Waals surface area contributed by atoms with Crippen LogP contribution in [0.15, 0.2) is 30.3 Å². The molecule has 27 heavy (non-hydrogen) atoms. The molecule has 0 aliphatic rings. The molecule has 0 saturated heterocycles. The van der Waals surface area contributed by atoms with Crippen LogP contribution < -0.4 is 16.4 Å². The minimum absolute atomic E-state index is 0.106. The number of amides is 3. The van der Waals surface area contributed by atoms with Crippen molar-refractivity contribution in [1.82, 2.24) is 10.6 Å². The van der Waals surface area contributed by atoms with Crippen molar-refractivity contribution in [1.29, 1.82) is 0 Å². The Bertz CT molecular complexity index is 565. The van der Waals surface area contributed by atoms with E-state index in [4.69, 9.17) is 19.7 Å². The third-order valence-corrected chi connectivity index (χ3v) is 3.35. The van der Waals surface area contributed by atoms with Gasteiger partial charge in [0, 0.05) is 0 Å². The van der Waals surface area contributed by atoms with Crippen LogP contribution in [0.1, 0.15) is 32.8 Å². The van der Waals surface area contributed by atoms with Crippen molar-refractivity contribution in [2.75, 3.05) is 0 Å². The Morgan fingerprint density at radius 3 is 2.19 bits per heavy atom. The molecule has 2 atom stereocenters. The molecule has 3 amide bonds. The molecule has 0 fully saturated rings. The van der Waals surface area contributed by atoms with Gasteiger partial charge in [-0.2, -0.15) is 0 Å². The molecular weight excluding hydrogens is 354 g/mol. The van der Waals surface area contributed by atoms with Crippen LogP contribution in [0.2, 0.25) is 0 Å². The number of carbonyl (C=O) groups excluding carboxylic acids is 3. The van der Waals surface area contributed by atoms with Gasteiger partial charge in [-0.05, 0) is 24.8 Å². The molecule has 0 radical (unpaired) electrons. The number of ether oxygens (including phenoxy) is 1. The summed E-state index contributed by atoms with van der Waals surface area (Å²) in [5.74, 6) is -0.328. The van der Waals surface area contributed by atoms with Crippen LogP contribution in [0.3, 0.4) is 0 Å². The van der Waals surface area contributed by atoms with Crippen LogP contribution in [0.4, 0.5) is 4.79 Å². The smallest absolute Gasteiger partial charge is 0.408 e. The van der Waals surface area contributed by atoms with E-state index in [9.17, 15) is 9.59 Å². The lowest BCUT2D eigenvalue weighted by Crippen LogP contribution is -2.52. The Hall–Kier alpha value is -2.65. The first-order chi connectivity index (χ1) is 12.7. The third-order valence-electron chi connectivity index (χ3n) is 3.35. The first kappa shape index (κ1) is 24.4. The molecule has 0 aromatic heterocycles. The number of hydrogen-bond acceptors (Lipinski definition) is 6. The molecule has 0 saturated carbocycles. The number of aliphatic hydroxyl groups is 2. The summed E-state index contributed by atoms with van der Waals surface area (Å²) < 4.78 is 5.11. The minimum atomic E-state index is -1.67. The number of aliphatic hydroxyl groups excluding tert-OH is 1. The second-order valence-electron chi connectivity index (χ2n) is 6.24. The zero-order chi connectivity index (χ0) is 20.8. The maximum Gasteiger partial charge on any atom is 0.408 e. The van der Waals surface area contributed by atoms with Gasteiger partial charge in [-0.1, -0.05) is 44.2 Å². The number of alkyl carbamates (subject to hydrolysis) is 1. The Morgan fingerprint density at radius 1 is 1.15 bits per heavy atom. The minimum Gasteiger partial charge on any atom is -0.445 e. The van der Waals surface area contributed by atoms with Gasteiger partial charge in [0.25, 0.3) is 0 Å². The normalized spacial score (nSPS) is 12.4. The monoisotopic (exact) mass is 383 g/mol. The molecule has 6 N–H and O–H groups in total. The van der Waals surface area contributed by atoms with Crippen molar-refractivity contribution in [2.24, 2.45) is 11.7 Å². The topological polar surface area (TPSA) is 151 Å². The molecule has 152 valence electrons. The first-order valence-corrected chi connectivity index (χ1v) is 8.50. The molecule has 9 heteroatoms. The number of nitrogens with two attached hydrogens (primary N) is 1. The van der Waals surface area contributed by atoms with Gasteiger partial charge in [0.1, 0.15) is 12.6 Å². The highest BCUT2D eigenvalue weighted by Gasteiger charge is 2.25. The quantitative estimate of drug-likeness (QED) is 0.320. The molecule has 0 spiro atoms. The van der Waals surface area contributed by atoms with Crippen molar-refractivity contribution < 1.29 is 29.3 Å². The Balaban J connectivity index is 0.00000210. The zero-order valence-corrected chi connectivity index (χ0v) is 15.8. The fourth-order valence-electron chi connectivity index (χ4n) is 2.01. The zero-order valence-electron chi connectivity index (χ0n) is 15.8. The van der Waals surface area contributed by atoms with Gasteiger partial charge >= 0.3 is 6.09 Å². The van der Waals surface area contributed by atoms with Crippen LogP contribution >= 0.6 is 0 Å². The molecular formula is C18H29N3O6. The fourth-order valence-corrected chi connectivity index (χ4v) is 2.01. The lowest BCUT2D eigenvalue weighted by molar-refractivity contribution is -0.128. The SMILES string of the molecule is CC(C)CC(NC(=O)OCc1ccccc1)C(=O)NC(C)C(O)O.NC=O. The number of nitrogens with one attached hydrogen (secondary N) is 2. The van der Waals surface area contributed by atoms with Gasteiger partial charge in [0.2, 0.25) is 12.3 Å². The van der Waals surface area contributed by atoms with E-state index in [-0.39, 0.29) is 18.9 Å². The number of hydrogen-bond donors (Lipinski definition) is 5. The predicted molar refractivity (Wildman–Crippen MR) is 99.1 cm³/mol. The Labute approximate surface area is 158 Å². The summed E-state index contributed by atoms with van der Waals surface area (Å²) in [5, 5.41) is 23.1. The van der Waals surface area contributed by atoms with Crippen LogP contribution in [-0.2, 0) is 20.9 Å². The second-order valence-corrected chi connectivity index (χ2v) is 6.24. The molecule has 0 heterocycles. The molecule has 2 unspecified atom stereocenters. The van der Waals surface area contributed by atoms with Crippen molar-refractivity contribution in [3.8, 4) is 0 Å². The van der Waals surface area contributed by atoms with Gasteiger partial charge in [-0.25, -0.2) is 4.79 Å². The van der Waals surface area contributed by atoms with E-state index in [0.29, 0.717) is 6.42 Å². The number of primary amides is 1. The van der Waals surface area contributed by atoms with Crippen LogP contribution in [0, 0.1) is 5.92 Å². The van der Waals surface area contributed by atoms with Crippen LogP contribution in [-0.4, -0.2) is 47.0 Å². The number of rotatable bonds is 8. The van der Waals surface area contributed by atoms with Crippen LogP contribution in [0.25, 0.3) is 0 Å². The van der Waals surface area contributed by atoms with Crippen molar-refractivity contribution >= 4 is 18.4 Å². The summed E-state index contributed by atoms with van der Waals surface area (Å²) in [7, 11) is 0. The summed E-state index contributed by atoms with van der Waals surface area (Å²) in [4.78, 5) is 32.7. The van der Waals surface area contributed by atoms with E-state index < -0.39 is 30.4 Å². The second kappa shape index (κ2) is 13.5. The molecule has 9 nitrogen and oxygen atoms in total.